The summed E-state index contributed by atoms with van der Waals surface area (Å²) >= 11 is 0. The maximum atomic E-state index is 5.34. The van der Waals surface area contributed by atoms with E-state index in [1.54, 1.807) is 0 Å². The van der Waals surface area contributed by atoms with E-state index in [9.17, 15) is 0 Å². The van der Waals surface area contributed by atoms with Crippen molar-refractivity contribution < 1.29 is 4.65 Å². The van der Waals surface area contributed by atoms with Gasteiger partial charge >= 0.3 is 0 Å². The van der Waals surface area contributed by atoms with Crippen LogP contribution in [0, 0.1) is 0 Å². The first-order chi connectivity index (χ1) is 4.06. The van der Waals surface area contributed by atoms with E-state index in [2.05, 4.69) is 27.7 Å². The van der Waals surface area contributed by atoms with Gasteiger partial charge in [-0.25, -0.2) is 0 Å². The number of hydrogen-bond acceptors (Lipinski definition) is 1. The highest BCUT2D eigenvalue weighted by atomic mass is 16.5. The van der Waals surface area contributed by atoms with E-state index in [0.717, 1.165) is 12.7 Å². The third-order valence-electron chi connectivity index (χ3n) is 0.843. The molecule has 0 aliphatic carbocycles. The minimum absolute atomic E-state index is 0.00479. The van der Waals surface area contributed by atoms with Crippen molar-refractivity contribution in [3.8, 4) is 0 Å². The van der Waals surface area contributed by atoms with Crippen molar-refractivity contribution in [2.45, 2.75) is 46.0 Å². The quantitative estimate of drug-likeness (QED) is 0.417. The van der Waals surface area contributed by atoms with Gasteiger partial charge in [0, 0.05) is 5.60 Å². The number of hydrogen-bond donors (Lipinski definition) is 0. The zero-order valence-electron chi connectivity index (χ0n) is 6.90. The van der Waals surface area contributed by atoms with Crippen molar-refractivity contribution in [2.75, 3.05) is 0 Å². The minimum atomic E-state index is -0.00479. The molecular weight excluding hydrogens is 111 g/mol. The Bertz CT molecular complexity index is 65.8. The summed E-state index contributed by atoms with van der Waals surface area (Å²) in [5.74, 6) is 0. The van der Waals surface area contributed by atoms with E-state index in [4.69, 9.17) is 4.65 Å². The average molecular weight is 127 g/mol. The molecule has 0 heterocycles. The normalized spacial score (nSPS) is 11.6. The van der Waals surface area contributed by atoms with Crippen LogP contribution in [0.5, 0.6) is 0 Å². The molecule has 0 spiro atoms. The van der Waals surface area contributed by atoms with Crippen LogP contribution in [0.3, 0.4) is 0 Å². The minimum Gasteiger partial charge on any atom is -0.436 e. The summed E-state index contributed by atoms with van der Waals surface area (Å²) in [7, 11) is 1.89. The van der Waals surface area contributed by atoms with Crippen LogP contribution in [-0.4, -0.2) is 13.1 Å². The average Bonchev–Trinajstić information content (AvgIpc) is 1.63. The second-order valence-electron chi connectivity index (χ2n) is 3.19. The van der Waals surface area contributed by atoms with Crippen LogP contribution in [0.1, 0.15) is 34.1 Å². The van der Waals surface area contributed by atoms with Crippen molar-refractivity contribution >= 4 is 7.48 Å². The molecule has 0 aliphatic rings. The highest BCUT2D eigenvalue weighted by Crippen LogP contribution is 2.05. The number of rotatable bonds is 3. The van der Waals surface area contributed by atoms with E-state index >= 15 is 0 Å². The van der Waals surface area contributed by atoms with Crippen molar-refractivity contribution in [1.29, 1.82) is 0 Å². The highest BCUT2D eigenvalue weighted by Gasteiger charge is 2.08. The Kier molecular flexibility index (Phi) is 3.95. The molecule has 9 heavy (non-hydrogen) atoms. The third kappa shape index (κ3) is 8.02. The fourth-order valence-corrected chi connectivity index (χ4v) is 0.427. The third-order valence-corrected chi connectivity index (χ3v) is 0.843. The van der Waals surface area contributed by atoms with Gasteiger partial charge in [-0.2, -0.15) is 0 Å². The molecule has 0 bridgehead atoms. The molecule has 0 N–H and O–H groups in total. The largest absolute Gasteiger partial charge is 0.436 e. The maximum absolute atomic E-state index is 5.34. The predicted octanol–water partition coefficient (Wildman–Crippen LogP) is 2.25. The van der Waals surface area contributed by atoms with E-state index < -0.39 is 0 Å². The fourth-order valence-electron chi connectivity index (χ4n) is 0.427. The van der Waals surface area contributed by atoms with Gasteiger partial charge in [0.25, 0.3) is 7.48 Å². The molecule has 1 radical (unpaired) electrons. The van der Waals surface area contributed by atoms with Gasteiger partial charge in [0.2, 0.25) is 0 Å². The van der Waals surface area contributed by atoms with Crippen molar-refractivity contribution in [3.63, 3.8) is 0 Å². The van der Waals surface area contributed by atoms with Crippen LogP contribution in [-0.2, 0) is 4.65 Å². The molecular formula is C7H16BO. The zero-order valence-corrected chi connectivity index (χ0v) is 6.90. The molecule has 0 fully saturated rings. The second kappa shape index (κ2) is 3.94. The lowest BCUT2D eigenvalue weighted by Gasteiger charge is -2.18. The molecule has 1 nitrogen and oxygen atoms in total. The molecule has 0 unspecified atom stereocenters. The monoisotopic (exact) mass is 127 g/mol. The van der Waals surface area contributed by atoms with Gasteiger partial charge in [-0.15, -0.1) is 0 Å². The van der Waals surface area contributed by atoms with Crippen LogP contribution in [0.15, 0.2) is 0 Å². The Balaban J connectivity index is 3.07. The van der Waals surface area contributed by atoms with Crippen LogP contribution >= 0.6 is 0 Å². The van der Waals surface area contributed by atoms with Gasteiger partial charge in [0.15, 0.2) is 0 Å². The van der Waals surface area contributed by atoms with E-state index in [1.807, 2.05) is 7.48 Å². The van der Waals surface area contributed by atoms with Gasteiger partial charge < -0.3 is 4.65 Å². The first-order valence-electron chi connectivity index (χ1n) is 3.56. The molecule has 0 atom stereocenters. The lowest BCUT2D eigenvalue weighted by molar-refractivity contribution is 0.138. The molecule has 0 saturated heterocycles. The van der Waals surface area contributed by atoms with Crippen molar-refractivity contribution in [1.82, 2.24) is 0 Å². The van der Waals surface area contributed by atoms with E-state index in [1.165, 1.54) is 0 Å². The molecule has 53 valence electrons. The lowest BCUT2D eigenvalue weighted by atomic mass is 9.92. The standard InChI is InChI=1S/C7H16BO/c1-5-6-8-9-7(2,3)4/h5-6H2,1-4H3. The summed E-state index contributed by atoms with van der Waals surface area (Å²) in [5.41, 5.74) is -0.00479. The van der Waals surface area contributed by atoms with Crippen LogP contribution in [0.2, 0.25) is 6.32 Å². The van der Waals surface area contributed by atoms with Crippen LogP contribution in [0.25, 0.3) is 0 Å². The molecule has 2 heteroatoms. The van der Waals surface area contributed by atoms with Gasteiger partial charge in [-0.1, -0.05) is 19.7 Å². The highest BCUT2D eigenvalue weighted by molar-refractivity contribution is 6.27. The van der Waals surface area contributed by atoms with Crippen molar-refractivity contribution in [2.24, 2.45) is 0 Å². The Labute approximate surface area is 59.1 Å². The Morgan fingerprint density at radius 2 is 1.89 bits per heavy atom. The van der Waals surface area contributed by atoms with Gasteiger partial charge in [-0.05, 0) is 20.8 Å². The molecule has 0 amide bonds. The summed E-state index contributed by atoms with van der Waals surface area (Å²) in [6.45, 7) is 8.31. The molecule has 0 rings (SSSR count). The Morgan fingerprint density at radius 3 is 2.22 bits per heavy atom. The first-order valence-corrected chi connectivity index (χ1v) is 3.56. The van der Waals surface area contributed by atoms with Crippen molar-refractivity contribution in [3.05, 3.63) is 0 Å². The first kappa shape index (κ1) is 9.02. The van der Waals surface area contributed by atoms with Crippen LogP contribution in [0.4, 0.5) is 0 Å². The summed E-state index contributed by atoms with van der Waals surface area (Å²) in [6, 6.07) is 0. The van der Waals surface area contributed by atoms with Gasteiger partial charge in [0.1, 0.15) is 0 Å². The second-order valence-corrected chi connectivity index (χ2v) is 3.19. The smallest absolute Gasteiger partial charge is 0.293 e. The Morgan fingerprint density at radius 1 is 1.33 bits per heavy atom. The summed E-state index contributed by atoms with van der Waals surface area (Å²) in [6.07, 6.45) is 2.22. The summed E-state index contributed by atoms with van der Waals surface area (Å²) in [4.78, 5) is 0. The van der Waals surface area contributed by atoms with E-state index in [0.29, 0.717) is 0 Å². The van der Waals surface area contributed by atoms with Crippen LogP contribution < -0.4 is 0 Å². The van der Waals surface area contributed by atoms with E-state index in [-0.39, 0.29) is 5.60 Å². The molecule has 0 aromatic rings. The maximum Gasteiger partial charge on any atom is 0.293 e. The summed E-state index contributed by atoms with van der Waals surface area (Å²) < 4.78 is 5.34. The SMILES string of the molecule is CCC[B]OC(C)(C)C. The fraction of sp³-hybridized carbons (Fsp3) is 1.00. The van der Waals surface area contributed by atoms with Gasteiger partial charge in [-0.3, -0.25) is 0 Å². The molecule has 0 aromatic carbocycles. The predicted molar refractivity (Wildman–Crippen MR) is 41.7 cm³/mol. The molecule has 0 saturated carbocycles. The Hall–Kier alpha value is 0.0249. The zero-order chi connectivity index (χ0) is 7.33. The lowest BCUT2D eigenvalue weighted by Crippen LogP contribution is -2.21. The topological polar surface area (TPSA) is 9.23 Å². The molecule has 0 aliphatic heterocycles. The molecule has 0 aromatic heterocycles. The van der Waals surface area contributed by atoms with Gasteiger partial charge in [0.05, 0.1) is 0 Å². The summed E-state index contributed by atoms with van der Waals surface area (Å²) in [5, 5.41) is 0.